The van der Waals surface area contributed by atoms with Gasteiger partial charge in [-0.2, -0.15) is 0 Å². The van der Waals surface area contributed by atoms with E-state index in [4.69, 9.17) is 23.2 Å². The molecule has 1 aromatic rings. The quantitative estimate of drug-likeness (QED) is 0.630. The summed E-state index contributed by atoms with van der Waals surface area (Å²) in [5.41, 5.74) is 0.873. The molecule has 15 heavy (non-hydrogen) atoms. The van der Waals surface area contributed by atoms with Crippen LogP contribution in [-0.4, -0.2) is 11.0 Å². The highest BCUT2D eigenvalue weighted by atomic mass is 79.9. The largest absolute Gasteiger partial charge is 0.298 e. The van der Waals surface area contributed by atoms with Gasteiger partial charge in [0.15, 0.2) is 5.78 Å². The smallest absolute Gasteiger partial charge is 0.252 e. The number of benzene rings is 1. The molecule has 0 N–H and O–H groups in total. The van der Waals surface area contributed by atoms with Crippen LogP contribution in [-0.2, 0) is 4.79 Å². The van der Waals surface area contributed by atoms with Crippen LogP contribution in [0.25, 0.3) is 0 Å². The third-order valence-corrected chi connectivity index (χ3v) is 3.34. The first-order chi connectivity index (χ1) is 6.93. The van der Waals surface area contributed by atoms with Crippen molar-refractivity contribution in [2.45, 2.75) is 12.3 Å². The number of carbonyl (C=O) groups excluding carboxylic acids is 2. The van der Waals surface area contributed by atoms with Gasteiger partial charge in [0.25, 0.3) is 5.24 Å². The average molecular weight is 310 g/mol. The first kappa shape index (κ1) is 12.7. The summed E-state index contributed by atoms with van der Waals surface area (Å²) >= 11 is 14.5. The van der Waals surface area contributed by atoms with Crippen LogP contribution in [0.4, 0.5) is 0 Å². The van der Waals surface area contributed by atoms with Crippen molar-refractivity contribution in [1.82, 2.24) is 0 Å². The third kappa shape index (κ3) is 3.03. The lowest BCUT2D eigenvalue weighted by Crippen LogP contribution is -2.04. The lowest BCUT2D eigenvalue weighted by molar-refractivity contribution is -0.116. The van der Waals surface area contributed by atoms with Crippen LogP contribution >= 0.6 is 39.1 Å². The van der Waals surface area contributed by atoms with Gasteiger partial charge in [-0.1, -0.05) is 15.9 Å². The summed E-state index contributed by atoms with van der Waals surface area (Å²) in [4.78, 5) is 22.0. The minimum atomic E-state index is -0.768. The van der Waals surface area contributed by atoms with E-state index in [1.54, 1.807) is 12.1 Å². The van der Waals surface area contributed by atoms with Crippen LogP contribution in [0.1, 0.15) is 28.2 Å². The van der Waals surface area contributed by atoms with Gasteiger partial charge in [0, 0.05) is 10.0 Å². The van der Waals surface area contributed by atoms with E-state index in [9.17, 15) is 9.59 Å². The highest BCUT2D eigenvalue weighted by molar-refractivity contribution is 9.10. The number of hydrogen-bond donors (Lipinski definition) is 0. The fourth-order valence-corrected chi connectivity index (χ4v) is 1.98. The maximum absolute atomic E-state index is 11.1. The highest BCUT2D eigenvalue weighted by Crippen LogP contribution is 2.30. The molecule has 0 aliphatic heterocycles. The number of rotatable bonds is 3. The van der Waals surface area contributed by atoms with Gasteiger partial charge in [-0.05, 0) is 42.3 Å². The Hall–Kier alpha value is -0.380. The molecule has 0 radical (unpaired) electrons. The molecule has 2 nitrogen and oxygen atoms in total. The summed E-state index contributed by atoms with van der Waals surface area (Å²) in [6.07, 6.45) is 0. The van der Waals surface area contributed by atoms with E-state index in [-0.39, 0.29) is 5.78 Å². The van der Waals surface area contributed by atoms with Gasteiger partial charge in [0.1, 0.15) is 5.38 Å². The Morgan fingerprint density at radius 1 is 1.40 bits per heavy atom. The van der Waals surface area contributed by atoms with E-state index in [1.807, 2.05) is 0 Å². The maximum atomic E-state index is 11.1. The van der Waals surface area contributed by atoms with Crippen LogP contribution in [0.5, 0.6) is 0 Å². The van der Waals surface area contributed by atoms with Crippen molar-refractivity contribution in [3.05, 3.63) is 33.8 Å². The van der Waals surface area contributed by atoms with E-state index in [0.717, 1.165) is 0 Å². The highest BCUT2D eigenvalue weighted by Gasteiger charge is 2.17. The van der Waals surface area contributed by atoms with E-state index in [0.29, 0.717) is 15.6 Å². The molecule has 80 valence electrons. The lowest BCUT2D eigenvalue weighted by atomic mass is 10.1. The van der Waals surface area contributed by atoms with Crippen LogP contribution in [0, 0.1) is 0 Å². The summed E-state index contributed by atoms with van der Waals surface area (Å²) in [6.45, 7) is 1.39. The number of alkyl halides is 1. The predicted octanol–water partition coefficient (Wildman–Crippen LogP) is 3.70. The Balaban J connectivity index is 3.22. The molecule has 0 heterocycles. The molecule has 0 spiro atoms. The Morgan fingerprint density at radius 2 is 2.00 bits per heavy atom. The predicted molar refractivity (Wildman–Crippen MR) is 63.6 cm³/mol. The monoisotopic (exact) mass is 308 g/mol. The van der Waals surface area contributed by atoms with Gasteiger partial charge in [-0.15, -0.1) is 11.6 Å². The fourth-order valence-electron chi connectivity index (χ4n) is 1.08. The van der Waals surface area contributed by atoms with Gasteiger partial charge in [0.2, 0.25) is 0 Å². The fraction of sp³-hybridized carbons (Fsp3) is 0.200. The zero-order chi connectivity index (χ0) is 11.6. The molecule has 0 saturated carbocycles. The zero-order valence-corrected chi connectivity index (χ0v) is 10.9. The SMILES string of the molecule is CC(=O)C(Cl)c1cc(C(=O)Cl)ccc1Br. The number of carbonyl (C=O) groups is 2. The Labute approximate surface area is 106 Å². The molecule has 1 rings (SSSR count). The zero-order valence-electron chi connectivity index (χ0n) is 7.76. The normalized spacial score (nSPS) is 12.3. The standard InChI is InChI=1S/C10H7BrCl2O2/c1-5(14)9(12)7-4-6(10(13)15)2-3-8(7)11/h2-4,9H,1H3. The van der Waals surface area contributed by atoms with Gasteiger partial charge < -0.3 is 0 Å². The number of hydrogen-bond acceptors (Lipinski definition) is 2. The lowest BCUT2D eigenvalue weighted by Gasteiger charge is -2.09. The Kier molecular flexibility index (Phi) is 4.32. The molecule has 1 atom stereocenters. The van der Waals surface area contributed by atoms with Crippen molar-refractivity contribution in [2.24, 2.45) is 0 Å². The molecule has 0 saturated heterocycles. The molecule has 0 fully saturated rings. The van der Waals surface area contributed by atoms with Crippen molar-refractivity contribution < 1.29 is 9.59 Å². The Bertz CT molecular complexity index is 418. The molecule has 1 aromatic carbocycles. The van der Waals surface area contributed by atoms with Crippen molar-refractivity contribution >= 4 is 50.2 Å². The first-order valence-electron chi connectivity index (χ1n) is 4.07. The summed E-state index contributed by atoms with van der Waals surface area (Å²) in [5, 5.41) is -1.34. The topological polar surface area (TPSA) is 34.1 Å². The van der Waals surface area contributed by atoms with Crippen molar-refractivity contribution in [1.29, 1.82) is 0 Å². The van der Waals surface area contributed by atoms with E-state index in [2.05, 4.69) is 15.9 Å². The van der Waals surface area contributed by atoms with E-state index < -0.39 is 10.6 Å². The second-order valence-corrected chi connectivity index (χ2v) is 4.62. The summed E-state index contributed by atoms with van der Waals surface area (Å²) < 4.78 is 0.680. The van der Waals surface area contributed by atoms with Crippen LogP contribution in [0.2, 0.25) is 0 Å². The number of Topliss-reactive ketones (excluding diaryl/α,β-unsaturated/α-hetero) is 1. The van der Waals surface area contributed by atoms with Crippen molar-refractivity contribution in [3.8, 4) is 0 Å². The van der Waals surface area contributed by atoms with Crippen molar-refractivity contribution in [2.75, 3.05) is 0 Å². The second-order valence-electron chi connectivity index (χ2n) is 2.98. The van der Waals surface area contributed by atoms with Crippen LogP contribution in [0.15, 0.2) is 22.7 Å². The summed E-state index contributed by atoms with van der Waals surface area (Å²) in [7, 11) is 0. The average Bonchev–Trinajstić information content (AvgIpc) is 2.16. The molecule has 0 aliphatic carbocycles. The first-order valence-corrected chi connectivity index (χ1v) is 5.68. The van der Waals surface area contributed by atoms with Crippen LogP contribution in [0.3, 0.4) is 0 Å². The number of ketones is 1. The third-order valence-electron chi connectivity index (χ3n) is 1.85. The minimum absolute atomic E-state index is 0.184. The molecular weight excluding hydrogens is 303 g/mol. The summed E-state index contributed by atoms with van der Waals surface area (Å²) in [5.74, 6) is -0.184. The molecule has 0 aromatic heterocycles. The van der Waals surface area contributed by atoms with Crippen LogP contribution < -0.4 is 0 Å². The number of halogens is 3. The maximum Gasteiger partial charge on any atom is 0.252 e. The molecule has 0 amide bonds. The van der Waals surface area contributed by atoms with Crippen molar-refractivity contribution in [3.63, 3.8) is 0 Å². The minimum Gasteiger partial charge on any atom is -0.298 e. The second kappa shape index (κ2) is 5.10. The molecule has 5 heteroatoms. The molecule has 1 unspecified atom stereocenters. The summed E-state index contributed by atoms with van der Waals surface area (Å²) in [6, 6.07) is 4.72. The van der Waals surface area contributed by atoms with Gasteiger partial charge in [0.05, 0.1) is 0 Å². The van der Waals surface area contributed by atoms with E-state index >= 15 is 0 Å². The van der Waals surface area contributed by atoms with Gasteiger partial charge in [-0.25, -0.2) is 0 Å². The van der Waals surface area contributed by atoms with Gasteiger partial charge >= 0.3 is 0 Å². The molecule has 0 bridgehead atoms. The van der Waals surface area contributed by atoms with Gasteiger partial charge in [-0.3, -0.25) is 9.59 Å². The molecule has 0 aliphatic rings. The molecular formula is C10H7BrCl2O2. The Morgan fingerprint density at radius 3 is 2.47 bits per heavy atom. The van der Waals surface area contributed by atoms with E-state index in [1.165, 1.54) is 13.0 Å².